The molecule has 0 aliphatic carbocycles. The zero-order valence-electron chi connectivity index (χ0n) is 14.6. The molecule has 7 heteroatoms. The summed E-state index contributed by atoms with van der Waals surface area (Å²) in [4.78, 5) is 34.4. The lowest BCUT2D eigenvalue weighted by molar-refractivity contribution is -0.130. The van der Waals surface area contributed by atoms with Crippen LogP contribution in [0.3, 0.4) is 0 Å². The van der Waals surface area contributed by atoms with Crippen LogP contribution in [-0.4, -0.2) is 52.9 Å². The van der Waals surface area contributed by atoms with Gasteiger partial charge in [-0.3, -0.25) is 9.59 Å². The molecule has 1 saturated heterocycles. The molecule has 26 heavy (non-hydrogen) atoms. The fourth-order valence-corrected chi connectivity index (χ4v) is 2.89. The molecule has 0 spiro atoms. The summed E-state index contributed by atoms with van der Waals surface area (Å²) in [5.74, 6) is 0.598. The second-order valence-electron chi connectivity index (χ2n) is 6.03. The summed E-state index contributed by atoms with van der Waals surface area (Å²) in [7, 11) is 1.51. The third-order valence-corrected chi connectivity index (χ3v) is 4.26. The number of benzene rings is 1. The Morgan fingerprint density at radius 1 is 1.12 bits per heavy atom. The number of ketones is 1. The van der Waals surface area contributed by atoms with Crippen molar-refractivity contribution in [2.24, 2.45) is 0 Å². The molecule has 1 amide bonds. The minimum atomic E-state index is -0.158. The van der Waals surface area contributed by atoms with Crippen molar-refractivity contribution in [2.75, 3.05) is 20.2 Å². The Labute approximate surface area is 152 Å². The van der Waals surface area contributed by atoms with Gasteiger partial charge >= 0.3 is 0 Å². The maximum atomic E-state index is 12.4. The number of hydrogen-bond acceptors (Lipinski definition) is 6. The van der Waals surface area contributed by atoms with E-state index < -0.39 is 0 Å². The van der Waals surface area contributed by atoms with Gasteiger partial charge in [0, 0.05) is 43.8 Å². The first-order valence-electron chi connectivity index (χ1n) is 8.55. The highest BCUT2D eigenvalue weighted by atomic mass is 16.5. The lowest BCUT2D eigenvalue weighted by Gasteiger charge is -2.17. The summed E-state index contributed by atoms with van der Waals surface area (Å²) in [5.41, 5.74) is 0.637. The highest BCUT2D eigenvalue weighted by Gasteiger charge is 2.28. The van der Waals surface area contributed by atoms with Gasteiger partial charge in [0.2, 0.25) is 5.91 Å². The monoisotopic (exact) mass is 355 g/mol. The SMILES string of the molecule is COc1nccnc1OC1CCN(C(=O)CCC(=O)c2ccccc2)C1. The average molecular weight is 355 g/mol. The van der Waals surface area contributed by atoms with Crippen LogP contribution in [0.25, 0.3) is 0 Å². The summed E-state index contributed by atoms with van der Waals surface area (Å²) in [6, 6.07) is 9.02. The summed E-state index contributed by atoms with van der Waals surface area (Å²) in [5, 5.41) is 0. The summed E-state index contributed by atoms with van der Waals surface area (Å²) >= 11 is 0. The first-order chi connectivity index (χ1) is 12.7. The Kier molecular flexibility index (Phi) is 5.78. The molecule has 1 aliphatic rings. The number of carbonyl (C=O) groups is 2. The summed E-state index contributed by atoms with van der Waals surface area (Å²) < 4.78 is 10.9. The Balaban J connectivity index is 1.49. The Bertz CT molecular complexity index is 766. The van der Waals surface area contributed by atoms with Gasteiger partial charge in [-0.05, 0) is 0 Å². The largest absolute Gasteiger partial charge is 0.477 e. The van der Waals surface area contributed by atoms with E-state index in [1.807, 2.05) is 18.2 Å². The molecule has 0 radical (unpaired) electrons. The Hall–Kier alpha value is -2.96. The van der Waals surface area contributed by atoms with E-state index in [0.29, 0.717) is 36.8 Å². The van der Waals surface area contributed by atoms with E-state index in [2.05, 4.69) is 9.97 Å². The van der Waals surface area contributed by atoms with Crippen LogP contribution in [0, 0.1) is 0 Å². The number of Topliss-reactive ketones (excluding diaryl/α,β-unsaturated/α-hetero) is 1. The average Bonchev–Trinajstić information content (AvgIpc) is 3.15. The third kappa shape index (κ3) is 4.36. The number of carbonyl (C=O) groups excluding carboxylic acids is 2. The van der Waals surface area contributed by atoms with Crippen molar-refractivity contribution < 1.29 is 19.1 Å². The lowest BCUT2D eigenvalue weighted by atomic mass is 10.1. The molecule has 1 aromatic carbocycles. The molecule has 3 rings (SSSR count). The number of amides is 1. The van der Waals surface area contributed by atoms with Gasteiger partial charge in [0.25, 0.3) is 11.8 Å². The minimum absolute atomic E-state index is 0.0183. The smallest absolute Gasteiger partial charge is 0.278 e. The van der Waals surface area contributed by atoms with Gasteiger partial charge < -0.3 is 14.4 Å². The molecular weight excluding hydrogens is 334 g/mol. The maximum Gasteiger partial charge on any atom is 0.278 e. The molecule has 7 nitrogen and oxygen atoms in total. The molecule has 1 aliphatic heterocycles. The quantitative estimate of drug-likeness (QED) is 0.708. The summed E-state index contributed by atoms with van der Waals surface area (Å²) in [6.45, 7) is 1.07. The predicted molar refractivity (Wildman–Crippen MR) is 94.2 cm³/mol. The van der Waals surface area contributed by atoms with Gasteiger partial charge in [-0.1, -0.05) is 30.3 Å². The second kappa shape index (κ2) is 8.42. The summed E-state index contributed by atoms with van der Waals surface area (Å²) in [6.07, 6.45) is 4.02. The fraction of sp³-hybridized carbons (Fsp3) is 0.368. The lowest BCUT2D eigenvalue weighted by Crippen LogP contribution is -2.31. The highest BCUT2D eigenvalue weighted by molar-refractivity contribution is 5.97. The van der Waals surface area contributed by atoms with Crippen molar-refractivity contribution in [3.05, 3.63) is 48.3 Å². The number of hydrogen-bond donors (Lipinski definition) is 0. The first kappa shape index (κ1) is 17.8. The van der Waals surface area contributed by atoms with Crippen molar-refractivity contribution in [3.8, 4) is 11.8 Å². The maximum absolute atomic E-state index is 12.4. The van der Waals surface area contributed by atoms with E-state index in [4.69, 9.17) is 9.47 Å². The zero-order chi connectivity index (χ0) is 18.4. The van der Waals surface area contributed by atoms with Crippen LogP contribution in [0.2, 0.25) is 0 Å². The fourth-order valence-electron chi connectivity index (χ4n) is 2.89. The van der Waals surface area contributed by atoms with Crippen molar-refractivity contribution in [1.29, 1.82) is 0 Å². The van der Waals surface area contributed by atoms with Crippen LogP contribution in [0.5, 0.6) is 11.8 Å². The zero-order valence-corrected chi connectivity index (χ0v) is 14.6. The molecule has 0 N–H and O–H groups in total. The molecule has 1 atom stereocenters. The standard InChI is InChI=1S/C19H21N3O4/c1-25-18-19(21-11-10-20-18)26-15-9-12-22(13-15)17(24)8-7-16(23)14-5-3-2-4-6-14/h2-6,10-11,15H,7-9,12-13H2,1H3. The van der Waals surface area contributed by atoms with Crippen LogP contribution in [-0.2, 0) is 4.79 Å². The molecule has 0 bridgehead atoms. The van der Waals surface area contributed by atoms with Crippen LogP contribution in [0.1, 0.15) is 29.6 Å². The van der Waals surface area contributed by atoms with E-state index in [1.165, 1.54) is 19.5 Å². The number of rotatable bonds is 7. The number of ether oxygens (including phenoxy) is 2. The van der Waals surface area contributed by atoms with Crippen molar-refractivity contribution in [1.82, 2.24) is 14.9 Å². The molecule has 0 saturated carbocycles. The van der Waals surface area contributed by atoms with E-state index in [-0.39, 0.29) is 30.6 Å². The Morgan fingerprint density at radius 3 is 2.58 bits per heavy atom. The normalized spacial score (nSPS) is 16.3. The number of methoxy groups -OCH3 is 1. The second-order valence-corrected chi connectivity index (χ2v) is 6.03. The van der Waals surface area contributed by atoms with Gasteiger partial charge in [-0.15, -0.1) is 0 Å². The van der Waals surface area contributed by atoms with Crippen molar-refractivity contribution >= 4 is 11.7 Å². The number of nitrogens with zero attached hydrogens (tertiary/aromatic N) is 3. The van der Waals surface area contributed by atoms with Crippen LogP contribution in [0.15, 0.2) is 42.7 Å². The van der Waals surface area contributed by atoms with Crippen molar-refractivity contribution in [3.63, 3.8) is 0 Å². The van der Waals surface area contributed by atoms with E-state index >= 15 is 0 Å². The van der Waals surface area contributed by atoms with Crippen LogP contribution >= 0.6 is 0 Å². The topological polar surface area (TPSA) is 81.6 Å². The predicted octanol–water partition coefficient (Wildman–Crippen LogP) is 2.13. The van der Waals surface area contributed by atoms with Gasteiger partial charge in [0.15, 0.2) is 5.78 Å². The molecular formula is C19H21N3O4. The highest BCUT2D eigenvalue weighted by Crippen LogP contribution is 2.24. The van der Waals surface area contributed by atoms with Gasteiger partial charge in [-0.2, -0.15) is 0 Å². The molecule has 1 fully saturated rings. The minimum Gasteiger partial charge on any atom is -0.477 e. The third-order valence-electron chi connectivity index (χ3n) is 4.26. The molecule has 1 unspecified atom stereocenters. The van der Waals surface area contributed by atoms with Gasteiger partial charge in [0.1, 0.15) is 6.10 Å². The van der Waals surface area contributed by atoms with E-state index in [0.717, 1.165) is 0 Å². The van der Waals surface area contributed by atoms with Crippen molar-refractivity contribution in [2.45, 2.75) is 25.4 Å². The number of likely N-dealkylation sites (tertiary alicyclic amines) is 1. The molecule has 1 aromatic heterocycles. The Morgan fingerprint density at radius 2 is 1.85 bits per heavy atom. The molecule has 2 aromatic rings. The number of aromatic nitrogens is 2. The van der Waals surface area contributed by atoms with Gasteiger partial charge in [-0.25, -0.2) is 9.97 Å². The molecule has 2 heterocycles. The first-order valence-corrected chi connectivity index (χ1v) is 8.55. The van der Waals surface area contributed by atoms with Crippen LogP contribution in [0.4, 0.5) is 0 Å². The van der Waals surface area contributed by atoms with Crippen LogP contribution < -0.4 is 9.47 Å². The molecule has 136 valence electrons. The van der Waals surface area contributed by atoms with E-state index in [9.17, 15) is 9.59 Å². The van der Waals surface area contributed by atoms with E-state index in [1.54, 1.807) is 17.0 Å². The van der Waals surface area contributed by atoms with Gasteiger partial charge in [0.05, 0.1) is 13.7 Å².